The molecule has 0 atom stereocenters. The zero-order valence-electron chi connectivity index (χ0n) is 15.0. The van der Waals surface area contributed by atoms with Crippen molar-refractivity contribution < 1.29 is 36.3 Å². The van der Waals surface area contributed by atoms with E-state index in [1.807, 2.05) is 5.32 Å². The van der Waals surface area contributed by atoms with Crippen molar-refractivity contribution in [2.24, 2.45) is 0 Å². The Morgan fingerprint density at radius 2 is 1.19 bits per heavy atom. The average molecular weight is 452 g/mol. The molecule has 3 aromatic rings. The Labute approximate surface area is 175 Å². The average Bonchev–Trinajstić information content (AvgIpc) is 2.76. The number of nitrogens with one attached hydrogen (secondary N) is 1. The number of fused-ring (bicyclic) bond motifs is 2. The summed E-state index contributed by atoms with van der Waals surface area (Å²) < 4.78 is 68.1. The largest absolute Gasteiger partial charge is 0.321 e. The predicted molar refractivity (Wildman–Crippen MR) is 98.9 cm³/mol. The third-order valence-electron chi connectivity index (χ3n) is 4.71. The zero-order valence-corrected chi connectivity index (χ0v) is 15.7. The maximum Gasteiger partial charge on any atom is 0.261 e. The lowest BCUT2D eigenvalue weighted by atomic mass is 9.83. The van der Waals surface area contributed by atoms with Crippen LogP contribution in [0.1, 0.15) is 42.2 Å². The number of ketones is 2. The molecule has 1 N–H and O–H groups in total. The summed E-state index contributed by atoms with van der Waals surface area (Å²) in [5.74, 6) is -14.8. The molecule has 4 nitrogen and oxygen atoms in total. The Hall–Kier alpha value is -3.59. The van der Waals surface area contributed by atoms with E-state index in [9.17, 15) is 36.3 Å². The molecule has 0 unspecified atom stereocenters. The van der Waals surface area contributed by atoms with Crippen molar-refractivity contribution in [3.63, 3.8) is 0 Å². The van der Waals surface area contributed by atoms with Crippen LogP contribution in [0, 0.1) is 29.1 Å². The Kier molecular flexibility index (Phi) is 4.85. The van der Waals surface area contributed by atoms with Gasteiger partial charge >= 0.3 is 0 Å². The first-order valence-corrected chi connectivity index (χ1v) is 8.86. The van der Waals surface area contributed by atoms with Crippen molar-refractivity contribution in [2.75, 3.05) is 5.32 Å². The summed E-state index contributed by atoms with van der Waals surface area (Å²) in [5, 5.41) is 1.82. The second-order valence-corrected chi connectivity index (χ2v) is 6.86. The molecule has 31 heavy (non-hydrogen) atoms. The standard InChI is InChI=1S/C21H7ClF5NO3/c22-9-5-6-10(12-11(9)19(29)7-3-1-2-4-8(7)20(12)30)28-21(31)13-14(23)16(25)18(27)17(26)15(13)24/h1-6H,(H,28,31). The lowest BCUT2D eigenvalue weighted by molar-refractivity contribution is 0.0978. The molecule has 0 saturated heterocycles. The smallest absolute Gasteiger partial charge is 0.261 e. The van der Waals surface area contributed by atoms with Crippen molar-refractivity contribution in [3.8, 4) is 0 Å². The molecule has 0 fully saturated rings. The normalized spacial score (nSPS) is 12.5. The minimum absolute atomic E-state index is 0.00556. The maximum absolute atomic E-state index is 14.0. The molecule has 1 aliphatic carbocycles. The van der Waals surface area contributed by atoms with Crippen LogP contribution in [0.4, 0.5) is 27.6 Å². The summed E-state index contributed by atoms with van der Waals surface area (Å²) >= 11 is 6.06. The van der Waals surface area contributed by atoms with E-state index in [-0.39, 0.29) is 33.0 Å². The van der Waals surface area contributed by atoms with Gasteiger partial charge in [0.15, 0.2) is 34.8 Å². The molecule has 0 aliphatic heterocycles. The SMILES string of the molecule is O=C(Nc1ccc(Cl)c2c1C(=O)c1ccccc1C2=O)c1c(F)c(F)c(F)c(F)c1F. The van der Waals surface area contributed by atoms with Crippen LogP contribution < -0.4 is 5.32 Å². The third-order valence-corrected chi connectivity index (χ3v) is 5.02. The molecule has 1 amide bonds. The molecule has 3 aromatic carbocycles. The Morgan fingerprint density at radius 3 is 1.74 bits per heavy atom. The second kappa shape index (κ2) is 7.28. The topological polar surface area (TPSA) is 63.2 Å². The molecule has 156 valence electrons. The number of hydrogen-bond acceptors (Lipinski definition) is 3. The molecule has 0 saturated carbocycles. The van der Waals surface area contributed by atoms with Crippen LogP contribution in [-0.2, 0) is 0 Å². The highest BCUT2D eigenvalue weighted by atomic mass is 35.5. The molecule has 0 spiro atoms. The van der Waals surface area contributed by atoms with Crippen molar-refractivity contribution in [2.45, 2.75) is 0 Å². The highest BCUT2D eigenvalue weighted by molar-refractivity contribution is 6.40. The molecular formula is C21H7ClF5NO3. The quantitative estimate of drug-likeness (QED) is 0.263. The van der Waals surface area contributed by atoms with E-state index >= 15 is 0 Å². The van der Waals surface area contributed by atoms with Crippen molar-refractivity contribution in [1.29, 1.82) is 0 Å². The lowest BCUT2D eigenvalue weighted by Gasteiger charge is -2.21. The van der Waals surface area contributed by atoms with E-state index in [0.717, 1.165) is 12.1 Å². The summed E-state index contributed by atoms with van der Waals surface area (Å²) in [6.45, 7) is 0. The molecule has 10 heteroatoms. The van der Waals surface area contributed by atoms with E-state index in [2.05, 4.69) is 0 Å². The third kappa shape index (κ3) is 3.00. The first kappa shape index (κ1) is 20.7. The van der Waals surface area contributed by atoms with Crippen molar-refractivity contribution in [3.05, 3.63) is 98.3 Å². The molecule has 0 heterocycles. The van der Waals surface area contributed by atoms with E-state index in [1.54, 1.807) is 0 Å². The van der Waals surface area contributed by atoms with Gasteiger partial charge in [0.05, 0.1) is 21.8 Å². The van der Waals surface area contributed by atoms with Crippen LogP contribution in [0.15, 0.2) is 36.4 Å². The zero-order chi connectivity index (χ0) is 22.6. The van der Waals surface area contributed by atoms with E-state index in [0.29, 0.717) is 0 Å². The van der Waals surface area contributed by atoms with Crippen LogP contribution >= 0.6 is 11.6 Å². The molecule has 1 aliphatic rings. The number of halogens is 6. The summed E-state index contributed by atoms with van der Waals surface area (Å²) in [4.78, 5) is 38.2. The van der Waals surface area contributed by atoms with Gasteiger partial charge in [-0.1, -0.05) is 35.9 Å². The number of benzene rings is 3. The second-order valence-electron chi connectivity index (χ2n) is 6.45. The van der Waals surface area contributed by atoms with Gasteiger partial charge in [-0.2, -0.15) is 0 Å². The van der Waals surface area contributed by atoms with Crippen molar-refractivity contribution >= 4 is 34.8 Å². The fourth-order valence-corrected chi connectivity index (χ4v) is 3.52. The molecule has 4 rings (SSSR count). The van der Waals surface area contributed by atoms with Gasteiger partial charge in [0.25, 0.3) is 5.91 Å². The molecule has 0 radical (unpaired) electrons. The number of carbonyl (C=O) groups excluding carboxylic acids is 3. The van der Waals surface area contributed by atoms with Crippen LogP contribution in [0.2, 0.25) is 5.02 Å². The van der Waals surface area contributed by atoms with Crippen molar-refractivity contribution in [1.82, 2.24) is 0 Å². The molecular weight excluding hydrogens is 445 g/mol. The first-order chi connectivity index (χ1) is 14.6. The number of hydrogen-bond donors (Lipinski definition) is 1. The summed E-state index contributed by atoms with van der Waals surface area (Å²) in [6, 6.07) is 7.99. The van der Waals surface area contributed by atoms with Gasteiger partial charge in [-0.05, 0) is 12.1 Å². The monoisotopic (exact) mass is 451 g/mol. The number of amides is 1. The number of anilines is 1. The van der Waals surface area contributed by atoms with Gasteiger partial charge in [0, 0.05) is 11.1 Å². The van der Waals surface area contributed by atoms with E-state index < -0.39 is 52.1 Å². The van der Waals surface area contributed by atoms with Gasteiger partial charge in [-0.3, -0.25) is 14.4 Å². The van der Waals surface area contributed by atoms with Gasteiger partial charge in [-0.15, -0.1) is 0 Å². The Morgan fingerprint density at radius 1 is 0.710 bits per heavy atom. The summed E-state index contributed by atoms with van der Waals surface area (Å²) in [5.41, 5.74) is -2.70. The first-order valence-electron chi connectivity index (χ1n) is 8.48. The summed E-state index contributed by atoms with van der Waals surface area (Å²) in [7, 11) is 0. The number of carbonyl (C=O) groups is 3. The highest BCUT2D eigenvalue weighted by Crippen LogP contribution is 2.36. The van der Waals surface area contributed by atoms with Crippen LogP contribution in [-0.4, -0.2) is 17.5 Å². The Balaban J connectivity index is 1.85. The Bertz CT molecular complexity index is 1310. The van der Waals surface area contributed by atoms with Crippen LogP contribution in [0.3, 0.4) is 0 Å². The van der Waals surface area contributed by atoms with Gasteiger partial charge in [-0.25, -0.2) is 22.0 Å². The minimum atomic E-state index is -2.42. The minimum Gasteiger partial charge on any atom is -0.321 e. The fourth-order valence-electron chi connectivity index (χ4n) is 3.28. The molecule has 0 aromatic heterocycles. The molecule has 0 bridgehead atoms. The lowest BCUT2D eigenvalue weighted by Crippen LogP contribution is -2.25. The van der Waals surface area contributed by atoms with E-state index in [4.69, 9.17) is 11.6 Å². The van der Waals surface area contributed by atoms with Crippen LogP contribution in [0.5, 0.6) is 0 Å². The number of rotatable bonds is 2. The van der Waals surface area contributed by atoms with Crippen LogP contribution in [0.25, 0.3) is 0 Å². The summed E-state index contributed by atoms with van der Waals surface area (Å²) in [6.07, 6.45) is 0. The van der Waals surface area contributed by atoms with Gasteiger partial charge in [0.2, 0.25) is 5.82 Å². The van der Waals surface area contributed by atoms with Gasteiger partial charge < -0.3 is 5.32 Å². The fraction of sp³-hybridized carbons (Fsp3) is 0. The predicted octanol–water partition coefficient (Wildman–Crippen LogP) is 5.06. The maximum atomic E-state index is 14.0. The highest BCUT2D eigenvalue weighted by Gasteiger charge is 2.35. The van der Waals surface area contributed by atoms with Gasteiger partial charge in [0.1, 0.15) is 5.56 Å². The van der Waals surface area contributed by atoms with E-state index in [1.165, 1.54) is 24.3 Å².